The van der Waals surface area contributed by atoms with Crippen LogP contribution in [0, 0.1) is 5.82 Å². The number of nitrogens with one attached hydrogen (secondary N) is 1. The predicted molar refractivity (Wildman–Crippen MR) is 78.5 cm³/mol. The molecule has 0 heterocycles. The summed E-state index contributed by atoms with van der Waals surface area (Å²) in [5, 5.41) is 11.9. The van der Waals surface area contributed by atoms with Gasteiger partial charge in [-0.1, -0.05) is 6.92 Å². The van der Waals surface area contributed by atoms with Gasteiger partial charge in [0.05, 0.1) is 16.9 Å². The highest BCUT2D eigenvalue weighted by Gasteiger charge is 2.14. The summed E-state index contributed by atoms with van der Waals surface area (Å²) in [6.45, 7) is 4.08. The Kier molecular flexibility index (Phi) is 5.95. The van der Waals surface area contributed by atoms with E-state index in [1.54, 1.807) is 0 Å². The Hall–Kier alpha value is -1.43. The number of hydrogen-bond acceptors (Lipinski definition) is 4. The molecule has 19 heavy (non-hydrogen) atoms. The van der Waals surface area contributed by atoms with Crippen molar-refractivity contribution >= 4 is 29.1 Å². The number of anilines is 2. The summed E-state index contributed by atoms with van der Waals surface area (Å²) in [4.78, 5) is 10.8. The first kappa shape index (κ1) is 15.6. The lowest BCUT2D eigenvalue weighted by molar-refractivity contribution is 0.0692. The van der Waals surface area contributed by atoms with E-state index < -0.39 is 17.3 Å². The van der Waals surface area contributed by atoms with Crippen LogP contribution in [0.15, 0.2) is 12.1 Å². The molecule has 0 bridgehead atoms. The summed E-state index contributed by atoms with van der Waals surface area (Å²) < 4.78 is 13.6. The third kappa shape index (κ3) is 4.63. The predicted octanol–water partition coefficient (Wildman–Crippen LogP) is 3.05. The van der Waals surface area contributed by atoms with Crippen molar-refractivity contribution in [3.05, 3.63) is 23.5 Å². The molecule has 0 aliphatic rings. The lowest BCUT2D eigenvalue weighted by Crippen LogP contribution is -2.17. The molecule has 0 aliphatic heterocycles. The van der Waals surface area contributed by atoms with E-state index in [0.717, 1.165) is 30.1 Å². The number of halogens is 1. The van der Waals surface area contributed by atoms with E-state index in [-0.39, 0.29) is 11.7 Å². The van der Waals surface area contributed by atoms with Crippen molar-refractivity contribution < 1.29 is 14.3 Å². The monoisotopic (exact) mass is 286 g/mol. The molecular formula is C13H19FN2O2S. The van der Waals surface area contributed by atoms with Gasteiger partial charge in [-0.05, 0) is 37.0 Å². The van der Waals surface area contributed by atoms with Gasteiger partial charge in [-0.15, -0.1) is 0 Å². The van der Waals surface area contributed by atoms with Crippen molar-refractivity contribution in [1.29, 1.82) is 0 Å². The van der Waals surface area contributed by atoms with E-state index in [2.05, 4.69) is 12.2 Å². The molecule has 0 fully saturated rings. The number of aromatic carboxylic acids is 1. The second-order valence-corrected chi connectivity index (χ2v) is 5.65. The first-order chi connectivity index (χ1) is 8.95. The molecule has 1 unspecified atom stereocenters. The van der Waals surface area contributed by atoms with Crippen molar-refractivity contribution in [2.75, 3.05) is 22.6 Å². The molecule has 106 valence electrons. The SMILES string of the molecule is CCSCCC(C)Nc1cc(F)c(C(=O)O)cc1N. The number of nitrogen functional groups attached to an aromatic ring is 1. The van der Waals surface area contributed by atoms with E-state index >= 15 is 0 Å². The van der Waals surface area contributed by atoms with E-state index in [9.17, 15) is 9.18 Å². The van der Waals surface area contributed by atoms with Gasteiger partial charge in [0.2, 0.25) is 0 Å². The number of carboxylic acid groups (broad SMARTS) is 1. The van der Waals surface area contributed by atoms with Crippen LogP contribution < -0.4 is 11.1 Å². The summed E-state index contributed by atoms with van der Waals surface area (Å²) in [6.07, 6.45) is 0.931. The van der Waals surface area contributed by atoms with Crippen LogP contribution in [0.4, 0.5) is 15.8 Å². The molecule has 0 aromatic heterocycles. The Balaban J connectivity index is 2.74. The van der Waals surface area contributed by atoms with E-state index in [1.807, 2.05) is 18.7 Å². The van der Waals surface area contributed by atoms with Crippen molar-refractivity contribution in [2.45, 2.75) is 26.3 Å². The van der Waals surface area contributed by atoms with Gasteiger partial charge < -0.3 is 16.2 Å². The van der Waals surface area contributed by atoms with Crippen LogP contribution in [0.1, 0.15) is 30.6 Å². The molecule has 0 spiro atoms. The zero-order valence-electron chi connectivity index (χ0n) is 11.1. The molecule has 0 radical (unpaired) electrons. The molecule has 0 saturated heterocycles. The minimum absolute atomic E-state index is 0.149. The quantitative estimate of drug-likeness (QED) is 0.530. The molecule has 1 rings (SSSR count). The van der Waals surface area contributed by atoms with Gasteiger partial charge >= 0.3 is 5.97 Å². The van der Waals surface area contributed by atoms with Crippen molar-refractivity contribution in [3.63, 3.8) is 0 Å². The van der Waals surface area contributed by atoms with Gasteiger partial charge in [0, 0.05) is 6.04 Å². The van der Waals surface area contributed by atoms with E-state index in [1.165, 1.54) is 0 Å². The number of carbonyl (C=O) groups is 1. The lowest BCUT2D eigenvalue weighted by Gasteiger charge is -2.17. The van der Waals surface area contributed by atoms with E-state index in [4.69, 9.17) is 10.8 Å². The van der Waals surface area contributed by atoms with Gasteiger partial charge in [-0.25, -0.2) is 9.18 Å². The lowest BCUT2D eigenvalue weighted by atomic mass is 10.1. The Labute approximate surface area is 116 Å². The Morgan fingerprint density at radius 2 is 2.26 bits per heavy atom. The van der Waals surface area contributed by atoms with Crippen molar-refractivity contribution in [2.24, 2.45) is 0 Å². The van der Waals surface area contributed by atoms with Crippen LogP contribution in [-0.2, 0) is 0 Å². The smallest absolute Gasteiger partial charge is 0.338 e. The molecule has 4 N–H and O–H groups in total. The van der Waals surface area contributed by atoms with Crippen LogP contribution in [0.25, 0.3) is 0 Å². The molecule has 1 aromatic rings. The van der Waals surface area contributed by atoms with Crippen LogP contribution in [0.5, 0.6) is 0 Å². The first-order valence-electron chi connectivity index (χ1n) is 6.12. The van der Waals surface area contributed by atoms with Gasteiger partial charge in [0.15, 0.2) is 0 Å². The standard InChI is InChI=1S/C13H19FN2O2S/c1-3-19-5-4-8(2)16-12-7-10(14)9(13(17)18)6-11(12)15/h6-8,16H,3-5,15H2,1-2H3,(H,17,18). The highest BCUT2D eigenvalue weighted by Crippen LogP contribution is 2.24. The molecule has 4 nitrogen and oxygen atoms in total. The maximum Gasteiger partial charge on any atom is 0.338 e. The summed E-state index contributed by atoms with van der Waals surface area (Å²) >= 11 is 1.84. The molecule has 0 aliphatic carbocycles. The van der Waals surface area contributed by atoms with Crippen molar-refractivity contribution in [3.8, 4) is 0 Å². The second-order valence-electron chi connectivity index (χ2n) is 4.26. The van der Waals surface area contributed by atoms with Crippen LogP contribution in [0.3, 0.4) is 0 Å². The fourth-order valence-electron chi connectivity index (χ4n) is 1.62. The topological polar surface area (TPSA) is 75.3 Å². The van der Waals surface area contributed by atoms with Crippen LogP contribution >= 0.6 is 11.8 Å². The highest BCUT2D eigenvalue weighted by atomic mass is 32.2. The van der Waals surface area contributed by atoms with Gasteiger partial charge in [0.1, 0.15) is 5.82 Å². The molecular weight excluding hydrogens is 267 g/mol. The Morgan fingerprint density at radius 3 is 2.84 bits per heavy atom. The maximum absolute atomic E-state index is 13.6. The second kappa shape index (κ2) is 7.23. The van der Waals surface area contributed by atoms with Gasteiger partial charge in [-0.2, -0.15) is 11.8 Å². The minimum Gasteiger partial charge on any atom is -0.478 e. The van der Waals surface area contributed by atoms with Gasteiger partial charge in [0.25, 0.3) is 0 Å². The van der Waals surface area contributed by atoms with Crippen LogP contribution in [-0.4, -0.2) is 28.6 Å². The number of carboxylic acids is 1. The third-order valence-electron chi connectivity index (χ3n) is 2.67. The Bertz CT molecular complexity index is 455. The van der Waals surface area contributed by atoms with E-state index in [0.29, 0.717) is 5.69 Å². The number of nitrogens with two attached hydrogens (primary N) is 1. The number of thioether (sulfide) groups is 1. The first-order valence-corrected chi connectivity index (χ1v) is 7.27. The summed E-state index contributed by atoms with van der Waals surface area (Å²) in [5.41, 5.74) is 6.01. The largest absolute Gasteiger partial charge is 0.478 e. The zero-order chi connectivity index (χ0) is 14.4. The molecule has 0 amide bonds. The Morgan fingerprint density at radius 1 is 1.58 bits per heavy atom. The molecule has 6 heteroatoms. The number of benzene rings is 1. The summed E-state index contributed by atoms with van der Waals surface area (Å²) in [6, 6.07) is 2.44. The third-order valence-corrected chi connectivity index (χ3v) is 3.60. The number of hydrogen-bond donors (Lipinski definition) is 3. The normalized spacial score (nSPS) is 12.2. The minimum atomic E-state index is -1.32. The molecule has 0 saturated carbocycles. The van der Waals surface area contributed by atoms with Gasteiger partial charge in [-0.3, -0.25) is 0 Å². The zero-order valence-corrected chi connectivity index (χ0v) is 11.9. The summed E-state index contributed by atoms with van der Waals surface area (Å²) in [7, 11) is 0. The average molecular weight is 286 g/mol. The molecule has 1 aromatic carbocycles. The maximum atomic E-state index is 13.6. The van der Waals surface area contributed by atoms with Crippen molar-refractivity contribution in [1.82, 2.24) is 0 Å². The highest BCUT2D eigenvalue weighted by molar-refractivity contribution is 7.99. The fourth-order valence-corrected chi connectivity index (χ4v) is 2.43. The summed E-state index contributed by atoms with van der Waals surface area (Å²) in [5.74, 6) is -0.0145. The van der Waals surface area contributed by atoms with Crippen LogP contribution in [0.2, 0.25) is 0 Å². The number of rotatable bonds is 7. The molecule has 1 atom stereocenters. The average Bonchev–Trinajstić information content (AvgIpc) is 2.33. The fraction of sp³-hybridized carbons (Fsp3) is 0.462.